The second kappa shape index (κ2) is 6.98. The molecule has 4 rings (SSSR count). The summed E-state index contributed by atoms with van der Waals surface area (Å²) in [4.78, 5) is 41.2. The zero-order valence-corrected chi connectivity index (χ0v) is 15.9. The van der Waals surface area contributed by atoms with E-state index in [1.165, 1.54) is 4.90 Å². The van der Waals surface area contributed by atoms with Gasteiger partial charge in [0, 0.05) is 31.1 Å². The first-order valence-electron chi connectivity index (χ1n) is 10.00. The summed E-state index contributed by atoms with van der Waals surface area (Å²) in [5.41, 5.74) is 1.33. The average Bonchev–Trinajstić information content (AvgIpc) is 2.98. The first-order valence-corrected chi connectivity index (χ1v) is 10.00. The highest BCUT2D eigenvalue weighted by Gasteiger charge is 2.51. The van der Waals surface area contributed by atoms with Crippen LogP contribution in [0.2, 0.25) is 0 Å². The highest BCUT2D eigenvalue weighted by atomic mass is 16.2. The van der Waals surface area contributed by atoms with E-state index in [1.54, 1.807) is 4.90 Å². The summed E-state index contributed by atoms with van der Waals surface area (Å²) in [7, 11) is 0. The molecule has 1 unspecified atom stereocenters. The Bertz CT molecular complexity index is 750. The van der Waals surface area contributed by atoms with Gasteiger partial charge in [0.1, 0.15) is 5.54 Å². The SMILES string of the molecule is Cc1ccc(N2CC(CN3C(=O)NC4(CCCCCC4)C3=O)CC2=O)cc1. The van der Waals surface area contributed by atoms with Crippen LogP contribution in [0.4, 0.5) is 10.5 Å². The minimum Gasteiger partial charge on any atom is -0.323 e. The molecule has 2 saturated heterocycles. The van der Waals surface area contributed by atoms with E-state index in [0.29, 0.717) is 19.5 Å². The lowest BCUT2D eigenvalue weighted by Gasteiger charge is -2.25. The van der Waals surface area contributed by atoms with E-state index < -0.39 is 5.54 Å². The number of imide groups is 1. The van der Waals surface area contributed by atoms with Crippen molar-refractivity contribution >= 4 is 23.5 Å². The molecular weight excluding hydrogens is 342 g/mol. The molecule has 1 aliphatic carbocycles. The zero-order chi connectivity index (χ0) is 19.0. The van der Waals surface area contributed by atoms with E-state index in [4.69, 9.17) is 0 Å². The molecule has 0 aromatic heterocycles. The minimum absolute atomic E-state index is 0.0190. The van der Waals surface area contributed by atoms with E-state index >= 15 is 0 Å². The van der Waals surface area contributed by atoms with Crippen molar-refractivity contribution in [3.05, 3.63) is 29.8 Å². The molecule has 4 amide bonds. The van der Waals surface area contributed by atoms with Crippen LogP contribution in [0.25, 0.3) is 0 Å². The Morgan fingerprint density at radius 2 is 1.70 bits per heavy atom. The number of carbonyl (C=O) groups excluding carboxylic acids is 3. The number of amides is 4. The van der Waals surface area contributed by atoms with E-state index in [0.717, 1.165) is 49.8 Å². The Morgan fingerprint density at radius 1 is 1.04 bits per heavy atom. The summed E-state index contributed by atoms with van der Waals surface area (Å²) >= 11 is 0. The second-order valence-corrected chi connectivity index (χ2v) is 8.25. The van der Waals surface area contributed by atoms with Gasteiger partial charge < -0.3 is 10.2 Å². The quantitative estimate of drug-likeness (QED) is 0.833. The molecule has 0 bridgehead atoms. The van der Waals surface area contributed by atoms with Crippen LogP contribution in [0.3, 0.4) is 0 Å². The third-order valence-corrected chi connectivity index (χ3v) is 6.19. The van der Waals surface area contributed by atoms with Crippen LogP contribution in [0.5, 0.6) is 0 Å². The van der Waals surface area contributed by atoms with Gasteiger partial charge in [0.2, 0.25) is 5.91 Å². The fourth-order valence-electron chi connectivity index (χ4n) is 4.65. The Hall–Kier alpha value is -2.37. The van der Waals surface area contributed by atoms with Crippen molar-refractivity contribution < 1.29 is 14.4 Å². The lowest BCUT2D eigenvalue weighted by molar-refractivity contribution is -0.132. The fraction of sp³-hybridized carbons (Fsp3) is 0.571. The molecule has 6 heteroatoms. The predicted molar refractivity (Wildman–Crippen MR) is 102 cm³/mol. The van der Waals surface area contributed by atoms with Gasteiger partial charge in [-0.25, -0.2) is 4.79 Å². The monoisotopic (exact) mass is 369 g/mol. The van der Waals surface area contributed by atoms with E-state index in [-0.39, 0.29) is 23.8 Å². The maximum absolute atomic E-state index is 13.0. The smallest absolute Gasteiger partial charge is 0.323 e. The van der Waals surface area contributed by atoms with Crippen LogP contribution in [0.15, 0.2) is 24.3 Å². The Morgan fingerprint density at radius 3 is 2.37 bits per heavy atom. The van der Waals surface area contributed by atoms with E-state index in [2.05, 4.69) is 5.32 Å². The Labute approximate surface area is 159 Å². The van der Waals surface area contributed by atoms with Gasteiger partial charge in [-0.2, -0.15) is 0 Å². The molecular formula is C21H27N3O3. The molecule has 2 heterocycles. The van der Waals surface area contributed by atoms with Crippen molar-refractivity contribution in [2.75, 3.05) is 18.0 Å². The van der Waals surface area contributed by atoms with Gasteiger partial charge in [0.15, 0.2) is 0 Å². The molecule has 1 N–H and O–H groups in total. The number of urea groups is 1. The number of aryl methyl sites for hydroxylation is 1. The summed E-state index contributed by atoms with van der Waals surface area (Å²) in [5, 5.41) is 2.98. The first kappa shape index (κ1) is 18.0. The van der Waals surface area contributed by atoms with Crippen LogP contribution in [-0.2, 0) is 9.59 Å². The molecule has 1 saturated carbocycles. The summed E-state index contributed by atoms with van der Waals surface area (Å²) in [6, 6.07) is 7.59. The zero-order valence-electron chi connectivity index (χ0n) is 15.9. The van der Waals surface area contributed by atoms with Gasteiger partial charge in [-0.15, -0.1) is 0 Å². The van der Waals surface area contributed by atoms with Gasteiger partial charge in [-0.05, 0) is 31.9 Å². The highest BCUT2D eigenvalue weighted by Crippen LogP contribution is 2.34. The largest absolute Gasteiger partial charge is 0.325 e. The number of nitrogens with one attached hydrogen (secondary N) is 1. The number of anilines is 1. The van der Waals surface area contributed by atoms with Gasteiger partial charge in [-0.3, -0.25) is 14.5 Å². The fourth-order valence-corrected chi connectivity index (χ4v) is 4.65. The van der Waals surface area contributed by atoms with Gasteiger partial charge in [0.05, 0.1) is 0 Å². The molecule has 3 fully saturated rings. The standard InChI is InChI=1S/C21H27N3O3/c1-15-6-8-17(9-7-15)23-13-16(12-18(23)25)14-24-19(26)21(22-20(24)27)10-4-2-3-5-11-21/h6-9,16H,2-5,10-14H2,1H3,(H,22,27). The van der Waals surface area contributed by atoms with Crippen molar-refractivity contribution in [1.29, 1.82) is 0 Å². The molecule has 0 radical (unpaired) electrons. The van der Waals surface area contributed by atoms with E-state index in [1.807, 2.05) is 31.2 Å². The molecule has 1 spiro atoms. The molecule has 144 valence electrons. The summed E-state index contributed by atoms with van der Waals surface area (Å²) in [6.07, 6.45) is 6.02. The van der Waals surface area contributed by atoms with Crippen molar-refractivity contribution in [1.82, 2.24) is 10.2 Å². The van der Waals surface area contributed by atoms with Gasteiger partial charge in [0.25, 0.3) is 5.91 Å². The molecule has 6 nitrogen and oxygen atoms in total. The van der Waals surface area contributed by atoms with Crippen molar-refractivity contribution in [2.24, 2.45) is 5.92 Å². The van der Waals surface area contributed by atoms with Crippen LogP contribution < -0.4 is 10.2 Å². The van der Waals surface area contributed by atoms with Crippen LogP contribution in [0, 0.1) is 12.8 Å². The molecule has 1 aromatic carbocycles. The summed E-state index contributed by atoms with van der Waals surface area (Å²) < 4.78 is 0. The number of nitrogens with zero attached hydrogens (tertiary/aromatic N) is 2. The van der Waals surface area contributed by atoms with Crippen molar-refractivity contribution in [3.8, 4) is 0 Å². The molecule has 1 aromatic rings. The maximum Gasteiger partial charge on any atom is 0.325 e. The van der Waals surface area contributed by atoms with Gasteiger partial charge in [-0.1, -0.05) is 43.4 Å². The number of rotatable bonds is 3. The lowest BCUT2D eigenvalue weighted by atomic mass is 9.90. The maximum atomic E-state index is 13.0. The van der Waals surface area contributed by atoms with Gasteiger partial charge >= 0.3 is 6.03 Å². The van der Waals surface area contributed by atoms with Crippen molar-refractivity contribution in [3.63, 3.8) is 0 Å². The third-order valence-electron chi connectivity index (χ3n) is 6.19. The number of hydrogen-bond donors (Lipinski definition) is 1. The Kier molecular flexibility index (Phi) is 4.66. The molecule has 2 aliphatic heterocycles. The van der Waals surface area contributed by atoms with Crippen molar-refractivity contribution in [2.45, 2.75) is 57.4 Å². The molecule has 27 heavy (non-hydrogen) atoms. The average molecular weight is 369 g/mol. The number of carbonyl (C=O) groups is 3. The Balaban J connectivity index is 1.45. The highest BCUT2D eigenvalue weighted by molar-refractivity contribution is 6.07. The van der Waals surface area contributed by atoms with E-state index in [9.17, 15) is 14.4 Å². The summed E-state index contributed by atoms with van der Waals surface area (Å²) in [5.74, 6) is -0.0508. The third kappa shape index (κ3) is 3.33. The van der Waals surface area contributed by atoms with Crippen LogP contribution in [-0.4, -0.2) is 41.4 Å². The topological polar surface area (TPSA) is 69.7 Å². The summed E-state index contributed by atoms with van der Waals surface area (Å²) in [6.45, 7) is 2.88. The van der Waals surface area contributed by atoms with Crippen LogP contribution in [0.1, 0.15) is 50.5 Å². The lowest BCUT2D eigenvalue weighted by Crippen LogP contribution is -2.46. The second-order valence-electron chi connectivity index (χ2n) is 8.25. The first-order chi connectivity index (χ1) is 13.0. The predicted octanol–water partition coefficient (Wildman–Crippen LogP) is 2.99. The number of benzene rings is 1. The van der Waals surface area contributed by atoms with Crippen LogP contribution >= 0.6 is 0 Å². The minimum atomic E-state index is -0.702. The molecule has 1 atom stereocenters. The normalized spacial score (nSPS) is 25.2. The number of hydrogen-bond acceptors (Lipinski definition) is 3. The molecule has 3 aliphatic rings.